The summed E-state index contributed by atoms with van der Waals surface area (Å²) in [4.78, 5) is 77.3. The van der Waals surface area contributed by atoms with Gasteiger partial charge in [-0.3, -0.25) is 43.5 Å². The van der Waals surface area contributed by atoms with Gasteiger partial charge in [0.15, 0.2) is 11.6 Å². The van der Waals surface area contributed by atoms with Crippen LogP contribution < -0.4 is 22.1 Å². The molecule has 20 heteroatoms. The van der Waals surface area contributed by atoms with E-state index in [1.165, 1.54) is 31.6 Å². The maximum Gasteiger partial charge on any atom is 0.329 e. The quantitative estimate of drug-likeness (QED) is 0.115. The van der Waals surface area contributed by atoms with Crippen LogP contribution in [0.25, 0.3) is 11.0 Å². The normalized spacial score (nSPS) is 23.2. The van der Waals surface area contributed by atoms with Crippen molar-refractivity contribution in [1.29, 1.82) is 0 Å². The summed E-state index contributed by atoms with van der Waals surface area (Å²) < 4.78 is 33.4. The number of fused-ring (bicyclic) bond motifs is 2. The lowest BCUT2D eigenvalue weighted by molar-refractivity contribution is -0.138. The molecule has 2 aromatic carbocycles. The van der Waals surface area contributed by atoms with E-state index in [2.05, 4.69) is 20.8 Å². The highest BCUT2D eigenvalue weighted by Gasteiger charge is 2.65. The van der Waals surface area contributed by atoms with Crippen LogP contribution in [0, 0.1) is 5.41 Å². The van der Waals surface area contributed by atoms with E-state index in [-0.39, 0.29) is 37.0 Å². The van der Waals surface area contributed by atoms with Gasteiger partial charge < -0.3 is 16.0 Å². The molecule has 0 radical (unpaired) electrons. The van der Waals surface area contributed by atoms with E-state index in [1.54, 1.807) is 48.6 Å². The van der Waals surface area contributed by atoms with Gasteiger partial charge in [0.1, 0.15) is 17.4 Å². The highest BCUT2D eigenvalue weighted by molar-refractivity contribution is 6.01. The van der Waals surface area contributed by atoms with Crippen molar-refractivity contribution >= 4 is 52.9 Å². The van der Waals surface area contributed by atoms with Gasteiger partial charge in [-0.05, 0) is 73.6 Å². The number of hydrogen-bond donors (Lipinski definition) is 3. The molecular formula is C43H52F2N12O6. The molecule has 3 aromatic rings. The zero-order chi connectivity index (χ0) is 44.5. The first-order chi connectivity index (χ1) is 30.4. The van der Waals surface area contributed by atoms with Gasteiger partial charge in [0, 0.05) is 64.5 Å². The average molecular weight is 871 g/mol. The Hall–Kier alpha value is -6.12. The Bertz CT molecular complexity index is 2430. The molecular weight excluding hydrogens is 819 g/mol. The first-order valence-electron chi connectivity index (χ1n) is 21.4. The number of hydroxylamine groups is 2. The van der Waals surface area contributed by atoms with E-state index in [1.807, 2.05) is 30.0 Å². The predicted octanol–water partition coefficient (Wildman–Crippen LogP) is 2.21. The SMILES string of the molecule is CCCCN(OCCCCc1ccc2c(c1)n(C)c(=O)n2C1CCC(=O)NC1=O)C(=O)c1ccc(C2(N3CC(C(N)=O)(C(F)F)C4N=C(N5CCNCC5)C=CN43)C=NN=C2)cc1. The number of imide groups is 1. The summed E-state index contributed by atoms with van der Waals surface area (Å²) in [5.74, 6) is -1.84. The van der Waals surface area contributed by atoms with Crippen molar-refractivity contribution < 1.29 is 32.8 Å². The van der Waals surface area contributed by atoms with Gasteiger partial charge in [0.2, 0.25) is 17.7 Å². The molecule has 0 spiro atoms. The minimum Gasteiger partial charge on any atom is -0.369 e. The molecule has 3 unspecified atom stereocenters. The van der Waals surface area contributed by atoms with Crippen LogP contribution in [-0.4, -0.2) is 129 Å². The second-order valence-electron chi connectivity index (χ2n) is 16.5. The monoisotopic (exact) mass is 870 g/mol. The number of amides is 4. The van der Waals surface area contributed by atoms with Gasteiger partial charge in [0.05, 0.1) is 30.1 Å². The number of halogens is 2. The molecule has 6 heterocycles. The predicted molar refractivity (Wildman–Crippen MR) is 230 cm³/mol. The number of carbonyl (C=O) groups is 4. The fraction of sp³-hybridized carbons (Fsp3) is 0.488. The number of aromatic nitrogens is 2. The van der Waals surface area contributed by atoms with Crippen molar-refractivity contribution in [1.82, 2.24) is 39.7 Å². The lowest BCUT2D eigenvalue weighted by Crippen LogP contribution is -2.55. The summed E-state index contributed by atoms with van der Waals surface area (Å²) in [5.41, 5.74) is 5.05. The number of benzene rings is 2. The number of alkyl halides is 2. The molecule has 0 aliphatic carbocycles. The highest BCUT2D eigenvalue weighted by atomic mass is 19.3. The van der Waals surface area contributed by atoms with Gasteiger partial charge >= 0.3 is 5.69 Å². The zero-order valence-electron chi connectivity index (χ0n) is 35.3. The third kappa shape index (κ3) is 7.95. The Morgan fingerprint density at radius 2 is 1.76 bits per heavy atom. The number of hydrogen-bond acceptors (Lipinski definition) is 13. The first-order valence-corrected chi connectivity index (χ1v) is 21.4. The number of nitrogens with zero attached hydrogens (tertiary/aromatic N) is 9. The molecule has 4 N–H and O–H groups in total. The largest absolute Gasteiger partial charge is 0.369 e. The van der Waals surface area contributed by atoms with Crippen molar-refractivity contribution in [3.8, 4) is 0 Å². The van der Waals surface area contributed by atoms with Crippen LogP contribution in [0.3, 0.4) is 0 Å². The number of aliphatic imine (C=N–C) groups is 1. The minimum atomic E-state index is -3.14. The van der Waals surface area contributed by atoms with Gasteiger partial charge in [-0.1, -0.05) is 31.5 Å². The Morgan fingerprint density at radius 3 is 2.44 bits per heavy atom. The molecule has 18 nitrogen and oxygen atoms in total. The van der Waals surface area contributed by atoms with Crippen LogP contribution in [0.5, 0.6) is 0 Å². The summed E-state index contributed by atoms with van der Waals surface area (Å²) in [6.45, 7) is 4.86. The standard InChI is InChI=1S/C43H52F2N12O6/c1-3-4-19-55(63-23-6-5-7-28-8-13-31-33(24-28)52(2)41(62)57(31)32-14-15-35(58)51-36(32)59)37(60)29-9-11-30(12-10-29)42(25-48-49-26-42)56-27-43(38(44)45,39(46)61)40-50-34(16-20-54(40)56)53-21-17-47-18-22-53/h8-13,16,20,24-26,32,38,40,47H,3-7,14-15,17-19,21-23,27H2,1-2H3,(H2,46,61)(H,51,58,59). The highest BCUT2D eigenvalue weighted by Crippen LogP contribution is 2.48. The van der Waals surface area contributed by atoms with E-state index in [4.69, 9.17) is 15.6 Å². The maximum atomic E-state index is 15.2. The van der Waals surface area contributed by atoms with Crippen LogP contribution in [0.2, 0.25) is 0 Å². The number of rotatable bonds is 15. The maximum absolute atomic E-state index is 15.2. The number of carbonyl (C=O) groups excluding carboxylic acids is 4. The Morgan fingerprint density at radius 1 is 1.02 bits per heavy atom. The molecule has 0 saturated carbocycles. The molecule has 3 saturated heterocycles. The van der Waals surface area contributed by atoms with Gasteiger partial charge in [-0.15, -0.1) is 0 Å². The van der Waals surface area contributed by atoms with Gasteiger partial charge in [0.25, 0.3) is 12.3 Å². The van der Waals surface area contributed by atoms with Gasteiger partial charge in [-0.25, -0.2) is 23.6 Å². The van der Waals surface area contributed by atoms with Crippen molar-refractivity contribution in [3.05, 3.63) is 81.9 Å². The van der Waals surface area contributed by atoms with Crippen LogP contribution in [0.15, 0.2) is 74.7 Å². The number of aryl methyl sites for hydroxylation is 2. The van der Waals surface area contributed by atoms with E-state index >= 15 is 8.78 Å². The molecule has 4 amide bonds. The number of piperazine rings is 1. The van der Waals surface area contributed by atoms with E-state index in [0.29, 0.717) is 80.0 Å². The van der Waals surface area contributed by atoms with Crippen LogP contribution in [-0.2, 0) is 38.2 Å². The zero-order valence-corrected chi connectivity index (χ0v) is 35.3. The third-order valence-electron chi connectivity index (χ3n) is 12.6. The lowest BCUT2D eigenvalue weighted by atomic mass is 9.83. The van der Waals surface area contributed by atoms with Crippen molar-refractivity contribution in [2.24, 2.45) is 33.4 Å². The van der Waals surface area contributed by atoms with Crippen LogP contribution in [0.1, 0.15) is 73.0 Å². The number of hydrazine groups is 1. The van der Waals surface area contributed by atoms with E-state index in [0.717, 1.165) is 18.4 Å². The molecule has 8 rings (SSSR count). The molecule has 0 bridgehead atoms. The van der Waals surface area contributed by atoms with Crippen LogP contribution in [0.4, 0.5) is 8.78 Å². The Balaban J connectivity index is 0.938. The number of amidine groups is 1. The summed E-state index contributed by atoms with van der Waals surface area (Å²) in [5, 5.41) is 18.3. The number of nitrogens with one attached hydrogen (secondary N) is 2. The average Bonchev–Trinajstić information content (AvgIpc) is 3.99. The van der Waals surface area contributed by atoms with Crippen molar-refractivity contribution in [2.45, 2.75) is 76.0 Å². The molecule has 3 atom stereocenters. The minimum absolute atomic E-state index is 0.166. The fourth-order valence-corrected chi connectivity index (χ4v) is 8.98. The molecule has 1 aromatic heterocycles. The van der Waals surface area contributed by atoms with Crippen LogP contribution >= 0.6 is 0 Å². The number of piperidine rings is 1. The second-order valence-corrected chi connectivity index (χ2v) is 16.5. The third-order valence-corrected chi connectivity index (χ3v) is 12.6. The number of unbranched alkanes of at least 4 members (excludes halogenated alkanes) is 2. The van der Waals surface area contributed by atoms with Crippen molar-refractivity contribution in [3.63, 3.8) is 0 Å². The summed E-state index contributed by atoms with van der Waals surface area (Å²) in [6.07, 6.45) is 5.98. The summed E-state index contributed by atoms with van der Waals surface area (Å²) in [7, 11) is 1.66. The number of imidazole rings is 1. The Kier molecular flexibility index (Phi) is 12.4. The molecule has 5 aliphatic rings. The van der Waals surface area contributed by atoms with Gasteiger partial charge in [-0.2, -0.15) is 15.2 Å². The lowest BCUT2D eigenvalue weighted by Gasteiger charge is -2.42. The van der Waals surface area contributed by atoms with E-state index < -0.39 is 47.9 Å². The molecule has 334 valence electrons. The van der Waals surface area contributed by atoms with Crippen molar-refractivity contribution in [2.75, 3.05) is 45.9 Å². The molecule has 3 fully saturated rings. The second kappa shape index (κ2) is 17.9. The Labute approximate surface area is 362 Å². The molecule has 5 aliphatic heterocycles. The smallest absolute Gasteiger partial charge is 0.329 e. The topological polar surface area (TPSA) is 205 Å². The van der Waals surface area contributed by atoms with E-state index in [9.17, 15) is 24.0 Å². The molecule has 63 heavy (non-hydrogen) atoms. The summed E-state index contributed by atoms with van der Waals surface area (Å²) >= 11 is 0. The first kappa shape index (κ1) is 43.5. The summed E-state index contributed by atoms with van der Waals surface area (Å²) in [6, 6.07) is 11.7. The number of primary amides is 1. The number of nitrogens with two attached hydrogens (primary N) is 1. The fourth-order valence-electron chi connectivity index (χ4n) is 8.98.